The lowest BCUT2D eigenvalue weighted by Crippen LogP contribution is -2.21. The van der Waals surface area contributed by atoms with Gasteiger partial charge in [-0.3, -0.25) is 4.79 Å². The number of fused-ring (bicyclic) bond motifs is 1. The summed E-state index contributed by atoms with van der Waals surface area (Å²) >= 11 is 0. The minimum atomic E-state index is -0.187. The summed E-state index contributed by atoms with van der Waals surface area (Å²) in [6.45, 7) is 2.00. The Morgan fingerprint density at radius 2 is 1.66 bits per heavy atom. The van der Waals surface area contributed by atoms with E-state index in [0.717, 1.165) is 39.8 Å². The third kappa shape index (κ3) is 4.27. The van der Waals surface area contributed by atoms with E-state index in [9.17, 15) is 4.79 Å². The van der Waals surface area contributed by atoms with Gasteiger partial charge in [0.25, 0.3) is 5.91 Å². The van der Waals surface area contributed by atoms with Crippen LogP contribution < -0.4 is 10.1 Å². The molecule has 1 N–H and O–H groups in total. The number of hydrogen-bond acceptors (Lipinski definition) is 3. The van der Waals surface area contributed by atoms with Crippen LogP contribution >= 0.6 is 0 Å². The van der Waals surface area contributed by atoms with Crippen molar-refractivity contribution >= 4 is 22.5 Å². The smallest absolute Gasteiger partial charge is 0.262 e. The summed E-state index contributed by atoms with van der Waals surface area (Å²) in [6, 6.07) is 27.4. The van der Waals surface area contributed by atoms with E-state index in [1.54, 1.807) is 0 Å². The van der Waals surface area contributed by atoms with Crippen molar-refractivity contribution in [1.82, 2.24) is 4.98 Å². The molecule has 144 valence electrons. The van der Waals surface area contributed by atoms with E-state index >= 15 is 0 Å². The second-order valence-corrected chi connectivity index (χ2v) is 6.74. The van der Waals surface area contributed by atoms with Crippen LogP contribution in [0.15, 0.2) is 84.9 Å². The Labute approximate surface area is 170 Å². The highest BCUT2D eigenvalue weighted by Crippen LogP contribution is 2.30. The third-order valence-electron chi connectivity index (χ3n) is 4.78. The molecule has 1 heterocycles. The Kier molecular flexibility index (Phi) is 5.52. The number of carbonyl (C=O) groups excluding carboxylic acids is 1. The summed E-state index contributed by atoms with van der Waals surface area (Å²) in [5.41, 5.74) is 4.58. The Morgan fingerprint density at radius 1 is 0.931 bits per heavy atom. The molecule has 0 spiro atoms. The number of ether oxygens (including phenoxy) is 1. The molecule has 0 bridgehead atoms. The van der Waals surface area contributed by atoms with E-state index in [-0.39, 0.29) is 12.5 Å². The first kappa shape index (κ1) is 18.7. The van der Waals surface area contributed by atoms with Crippen molar-refractivity contribution in [3.63, 3.8) is 0 Å². The van der Waals surface area contributed by atoms with Crippen LogP contribution in [-0.4, -0.2) is 17.5 Å². The number of nitrogens with one attached hydrogen (secondary N) is 1. The van der Waals surface area contributed by atoms with Crippen molar-refractivity contribution in [3.05, 3.63) is 90.5 Å². The SMILES string of the molecule is CCc1ccccc1NC(=O)COc1cc(-c2ccccc2)nc2ccccc12. The Morgan fingerprint density at radius 3 is 2.48 bits per heavy atom. The summed E-state index contributed by atoms with van der Waals surface area (Å²) in [6.07, 6.45) is 0.854. The number of benzene rings is 3. The lowest BCUT2D eigenvalue weighted by molar-refractivity contribution is -0.118. The molecule has 0 unspecified atom stereocenters. The number of hydrogen-bond donors (Lipinski definition) is 1. The molecule has 4 heteroatoms. The molecule has 1 aromatic heterocycles. The topological polar surface area (TPSA) is 51.2 Å². The zero-order valence-corrected chi connectivity index (χ0v) is 16.3. The van der Waals surface area contributed by atoms with Gasteiger partial charge in [-0.25, -0.2) is 4.98 Å². The lowest BCUT2D eigenvalue weighted by atomic mass is 10.1. The fourth-order valence-corrected chi connectivity index (χ4v) is 3.30. The molecule has 1 amide bonds. The normalized spacial score (nSPS) is 10.7. The number of nitrogens with zero attached hydrogens (tertiary/aromatic N) is 1. The first-order valence-electron chi connectivity index (χ1n) is 9.70. The van der Waals surface area contributed by atoms with E-state index < -0.39 is 0 Å². The molecule has 0 aliphatic rings. The third-order valence-corrected chi connectivity index (χ3v) is 4.78. The molecule has 0 atom stereocenters. The van der Waals surface area contributed by atoms with Crippen LogP contribution in [0.5, 0.6) is 5.75 Å². The van der Waals surface area contributed by atoms with E-state index in [1.807, 2.05) is 84.9 Å². The number of aryl methyl sites for hydroxylation is 1. The number of carbonyl (C=O) groups is 1. The van der Waals surface area contributed by atoms with Crippen LogP contribution in [0.1, 0.15) is 12.5 Å². The minimum Gasteiger partial charge on any atom is -0.483 e. The number of para-hydroxylation sites is 2. The first-order chi connectivity index (χ1) is 14.2. The van der Waals surface area contributed by atoms with E-state index in [0.29, 0.717) is 5.75 Å². The van der Waals surface area contributed by atoms with Gasteiger partial charge in [-0.05, 0) is 30.2 Å². The fourth-order valence-electron chi connectivity index (χ4n) is 3.30. The van der Waals surface area contributed by atoms with Crippen molar-refractivity contribution < 1.29 is 9.53 Å². The summed E-state index contributed by atoms with van der Waals surface area (Å²) in [5, 5.41) is 3.83. The fraction of sp³-hybridized carbons (Fsp3) is 0.120. The van der Waals surface area contributed by atoms with Crippen LogP contribution in [0.2, 0.25) is 0 Å². The number of pyridine rings is 1. The van der Waals surface area contributed by atoms with Gasteiger partial charge in [0.1, 0.15) is 5.75 Å². The average Bonchev–Trinajstić information content (AvgIpc) is 2.78. The van der Waals surface area contributed by atoms with Gasteiger partial charge < -0.3 is 10.1 Å². The highest BCUT2D eigenvalue weighted by atomic mass is 16.5. The van der Waals surface area contributed by atoms with E-state index in [4.69, 9.17) is 9.72 Å². The van der Waals surface area contributed by atoms with Crippen LogP contribution in [-0.2, 0) is 11.2 Å². The monoisotopic (exact) mass is 382 g/mol. The number of amides is 1. The van der Waals surface area contributed by atoms with Gasteiger partial charge >= 0.3 is 0 Å². The number of aromatic nitrogens is 1. The van der Waals surface area contributed by atoms with Gasteiger partial charge in [-0.2, -0.15) is 0 Å². The maximum Gasteiger partial charge on any atom is 0.262 e. The summed E-state index contributed by atoms with van der Waals surface area (Å²) in [5.74, 6) is 0.460. The molecular formula is C25H22N2O2. The molecular weight excluding hydrogens is 360 g/mol. The van der Waals surface area contributed by atoms with Gasteiger partial charge in [0.15, 0.2) is 6.61 Å². The van der Waals surface area contributed by atoms with Crippen LogP contribution in [0.4, 0.5) is 5.69 Å². The van der Waals surface area contributed by atoms with Gasteiger partial charge in [-0.15, -0.1) is 0 Å². The number of rotatable bonds is 6. The highest BCUT2D eigenvalue weighted by molar-refractivity contribution is 5.93. The van der Waals surface area contributed by atoms with Crippen LogP contribution in [0, 0.1) is 0 Å². The zero-order chi connectivity index (χ0) is 20.1. The van der Waals surface area contributed by atoms with E-state index in [1.165, 1.54) is 0 Å². The molecule has 0 aliphatic carbocycles. The Bertz CT molecular complexity index is 1140. The minimum absolute atomic E-state index is 0.0692. The molecule has 4 rings (SSSR count). The van der Waals surface area contributed by atoms with Crippen molar-refractivity contribution in [3.8, 4) is 17.0 Å². The molecule has 0 saturated heterocycles. The molecule has 0 aliphatic heterocycles. The van der Waals surface area contributed by atoms with Crippen molar-refractivity contribution in [2.45, 2.75) is 13.3 Å². The molecule has 29 heavy (non-hydrogen) atoms. The second-order valence-electron chi connectivity index (χ2n) is 6.74. The second kappa shape index (κ2) is 8.57. The quantitative estimate of drug-likeness (QED) is 0.480. The maximum absolute atomic E-state index is 12.5. The number of anilines is 1. The summed E-state index contributed by atoms with van der Waals surface area (Å²) < 4.78 is 5.94. The summed E-state index contributed by atoms with van der Waals surface area (Å²) in [4.78, 5) is 17.2. The van der Waals surface area contributed by atoms with Crippen molar-refractivity contribution in [1.29, 1.82) is 0 Å². The highest BCUT2D eigenvalue weighted by Gasteiger charge is 2.11. The van der Waals surface area contributed by atoms with Gasteiger partial charge in [0.05, 0.1) is 11.2 Å². The predicted octanol–water partition coefficient (Wildman–Crippen LogP) is 5.48. The van der Waals surface area contributed by atoms with Crippen LogP contribution in [0.3, 0.4) is 0 Å². The van der Waals surface area contributed by atoms with Crippen molar-refractivity contribution in [2.75, 3.05) is 11.9 Å². The van der Waals surface area contributed by atoms with E-state index in [2.05, 4.69) is 12.2 Å². The van der Waals surface area contributed by atoms with Gasteiger partial charge in [-0.1, -0.05) is 67.6 Å². The maximum atomic E-state index is 12.5. The molecule has 4 aromatic rings. The Hall–Kier alpha value is -3.66. The Balaban J connectivity index is 1.58. The predicted molar refractivity (Wildman–Crippen MR) is 117 cm³/mol. The van der Waals surface area contributed by atoms with Crippen LogP contribution in [0.25, 0.3) is 22.2 Å². The molecule has 3 aromatic carbocycles. The van der Waals surface area contributed by atoms with Gasteiger partial charge in [0.2, 0.25) is 0 Å². The average molecular weight is 382 g/mol. The molecule has 0 saturated carbocycles. The molecule has 0 radical (unpaired) electrons. The van der Waals surface area contributed by atoms with Gasteiger partial charge in [0, 0.05) is 22.7 Å². The first-order valence-corrected chi connectivity index (χ1v) is 9.70. The molecule has 4 nitrogen and oxygen atoms in total. The summed E-state index contributed by atoms with van der Waals surface area (Å²) in [7, 11) is 0. The van der Waals surface area contributed by atoms with Crippen molar-refractivity contribution in [2.24, 2.45) is 0 Å². The zero-order valence-electron chi connectivity index (χ0n) is 16.3. The lowest BCUT2D eigenvalue weighted by Gasteiger charge is -2.13. The largest absolute Gasteiger partial charge is 0.483 e. The standard InChI is InChI=1S/C25H22N2O2/c1-2-18-10-6-8-14-21(18)27-25(28)17-29-24-16-23(19-11-4-3-5-12-19)26-22-15-9-7-13-20(22)24/h3-16H,2,17H2,1H3,(H,27,28). The molecule has 0 fully saturated rings.